The number of Topliss-reactive ketones (excluding diaryl/α,β-unsaturated/α-hetero) is 1. The summed E-state index contributed by atoms with van der Waals surface area (Å²) in [5.41, 5.74) is 0.782. The molecule has 0 aliphatic carbocycles. The summed E-state index contributed by atoms with van der Waals surface area (Å²) in [5, 5.41) is 5.26. The maximum absolute atomic E-state index is 12.6. The Bertz CT molecular complexity index is 648. The highest BCUT2D eigenvalue weighted by Crippen LogP contribution is 2.28. The van der Waals surface area contributed by atoms with Crippen molar-refractivity contribution in [2.24, 2.45) is 0 Å². The van der Waals surface area contributed by atoms with Crippen LogP contribution in [0.15, 0.2) is 36.4 Å². The monoisotopic (exact) mass is 284 g/mol. The van der Waals surface area contributed by atoms with Crippen molar-refractivity contribution in [2.75, 3.05) is 39.8 Å². The van der Waals surface area contributed by atoms with Crippen molar-refractivity contribution in [3.05, 3.63) is 42.0 Å². The van der Waals surface area contributed by atoms with Gasteiger partial charge in [-0.15, -0.1) is 0 Å². The lowest BCUT2D eigenvalue weighted by atomic mass is 10.00. The molecule has 0 saturated carbocycles. The van der Waals surface area contributed by atoms with Gasteiger partial charge < -0.3 is 10.1 Å². The van der Waals surface area contributed by atoms with Crippen molar-refractivity contribution in [2.45, 2.75) is 0 Å². The Morgan fingerprint density at radius 3 is 2.57 bits per heavy atom. The van der Waals surface area contributed by atoms with Crippen LogP contribution in [-0.4, -0.2) is 50.5 Å². The Hall–Kier alpha value is -1.91. The molecule has 0 radical (unpaired) electrons. The number of nitrogens with one attached hydrogen (secondary N) is 1. The molecule has 1 heterocycles. The number of benzene rings is 2. The molecule has 0 amide bonds. The van der Waals surface area contributed by atoms with Crippen molar-refractivity contribution in [1.29, 1.82) is 0 Å². The summed E-state index contributed by atoms with van der Waals surface area (Å²) in [4.78, 5) is 14.8. The van der Waals surface area contributed by atoms with Crippen LogP contribution < -0.4 is 10.1 Å². The van der Waals surface area contributed by atoms with Crippen LogP contribution in [0.1, 0.15) is 10.4 Å². The minimum atomic E-state index is 0.177. The zero-order chi connectivity index (χ0) is 14.7. The van der Waals surface area contributed by atoms with Crippen LogP contribution in [-0.2, 0) is 0 Å². The van der Waals surface area contributed by atoms with Gasteiger partial charge in [-0.3, -0.25) is 9.69 Å². The summed E-state index contributed by atoms with van der Waals surface area (Å²) in [5.74, 6) is 0.986. The molecule has 2 aromatic rings. The van der Waals surface area contributed by atoms with Crippen LogP contribution in [0.3, 0.4) is 0 Å². The highest BCUT2D eigenvalue weighted by atomic mass is 16.5. The first-order valence-corrected chi connectivity index (χ1v) is 7.31. The summed E-state index contributed by atoms with van der Waals surface area (Å²) < 4.78 is 5.38. The Balaban J connectivity index is 1.91. The van der Waals surface area contributed by atoms with Gasteiger partial charge in [-0.2, -0.15) is 0 Å². The first kappa shape index (κ1) is 14.0. The van der Waals surface area contributed by atoms with Gasteiger partial charge in [-0.05, 0) is 17.5 Å². The molecule has 1 aliphatic heterocycles. The summed E-state index contributed by atoms with van der Waals surface area (Å²) in [6.45, 7) is 4.25. The molecule has 1 saturated heterocycles. The van der Waals surface area contributed by atoms with Crippen LogP contribution >= 0.6 is 0 Å². The van der Waals surface area contributed by atoms with Crippen LogP contribution in [0, 0.1) is 0 Å². The molecular formula is C17H20N2O2. The van der Waals surface area contributed by atoms with E-state index in [4.69, 9.17) is 4.74 Å². The second-order valence-corrected chi connectivity index (χ2v) is 5.31. The van der Waals surface area contributed by atoms with Gasteiger partial charge in [0.15, 0.2) is 5.78 Å². The van der Waals surface area contributed by atoms with E-state index in [0.717, 1.165) is 48.3 Å². The Morgan fingerprint density at radius 1 is 1.14 bits per heavy atom. The molecule has 3 rings (SSSR count). The lowest BCUT2D eigenvalue weighted by molar-refractivity contribution is 0.0923. The van der Waals surface area contributed by atoms with Gasteiger partial charge in [0.1, 0.15) is 5.75 Å². The summed E-state index contributed by atoms with van der Waals surface area (Å²) in [6, 6.07) is 11.7. The molecule has 2 aromatic carbocycles. The number of rotatable bonds is 4. The third-order valence-electron chi connectivity index (χ3n) is 3.98. The average Bonchev–Trinajstić information content (AvgIpc) is 2.54. The van der Waals surface area contributed by atoms with Gasteiger partial charge in [0.2, 0.25) is 0 Å². The molecule has 0 bridgehead atoms. The number of carbonyl (C=O) groups excluding carboxylic acids is 1. The van der Waals surface area contributed by atoms with Gasteiger partial charge in [-0.1, -0.05) is 24.3 Å². The first-order chi connectivity index (χ1) is 10.3. The van der Waals surface area contributed by atoms with Crippen molar-refractivity contribution < 1.29 is 9.53 Å². The summed E-state index contributed by atoms with van der Waals surface area (Å²) >= 11 is 0. The lowest BCUT2D eigenvalue weighted by Gasteiger charge is -2.26. The van der Waals surface area contributed by atoms with E-state index < -0.39 is 0 Å². The van der Waals surface area contributed by atoms with E-state index in [1.807, 2.05) is 36.4 Å². The number of fused-ring (bicyclic) bond motifs is 1. The molecule has 0 aromatic heterocycles. The minimum Gasteiger partial charge on any atom is -0.496 e. The second kappa shape index (κ2) is 6.24. The Labute approximate surface area is 124 Å². The first-order valence-electron chi connectivity index (χ1n) is 7.31. The Kier molecular flexibility index (Phi) is 4.18. The van der Waals surface area contributed by atoms with Crippen molar-refractivity contribution >= 4 is 16.6 Å². The van der Waals surface area contributed by atoms with Crippen LogP contribution in [0.25, 0.3) is 10.8 Å². The smallest absolute Gasteiger partial charge is 0.177 e. The van der Waals surface area contributed by atoms with E-state index in [1.165, 1.54) is 0 Å². The number of carbonyl (C=O) groups is 1. The summed E-state index contributed by atoms with van der Waals surface area (Å²) in [6.07, 6.45) is 0. The van der Waals surface area contributed by atoms with Crippen LogP contribution in [0.5, 0.6) is 5.75 Å². The fourth-order valence-corrected chi connectivity index (χ4v) is 2.85. The molecule has 4 heteroatoms. The number of methoxy groups -OCH3 is 1. The normalized spacial score (nSPS) is 16.0. The zero-order valence-corrected chi connectivity index (χ0v) is 12.3. The number of hydrogen-bond acceptors (Lipinski definition) is 4. The number of ether oxygens (including phenoxy) is 1. The topological polar surface area (TPSA) is 41.6 Å². The molecule has 0 atom stereocenters. The van der Waals surface area contributed by atoms with E-state index in [9.17, 15) is 4.79 Å². The predicted octanol–water partition coefficient (Wildman–Crippen LogP) is 1.94. The average molecular weight is 284 g/mol. The van der Waals surface area contributed by atoms with Crippen LogP contribution in [0.2, 0.25) is 0 Å². The van der Waals surface area contributed by atoms with E-state index >= 15 is 0 Å². The molecule has 0 spiro atoms. The van der Waals surface area contributed by atoms with Crippen LogP contribution in [0.4, 0.5) is 0 Å². The number of ketones is 1. The Morgan fingerprint density at radius 2 is 1.86 bits per heavy atom. The number of piperazine rings is 1. The quantitative estimate of drug-likeness (QED) is 0.871. The van der Waals surface area contributed by atoms with E-state index in [2.05, 4.69) is 10.2 Å². The molecule has 110 valence electrons. The number of nitrogens with zero attached hydrogens (tertiary/aromatic N) is 1. The molecule has 1 aliphatic rings. The predicted molar refractivity (Wildman–Crippen MR) is 84.1 cm³/mol. The maximum atomic E-state index is 12.6. The lowest BCUT2D eigenvalue weighted by Crippen LogP contribution is -2.45. The number of hydrogen-bond donors (Lipinski definition) is 1. The van der Waals surface area contributed by atoms with Gasteiger partial charge in [0.05, 0.1) is 13.7 Å². The maximum Gasteiger partial charge on any atom is 0.177 e. The molecule has 1 N–H and O–H groups in total. The third-order valence-corrected chi connectivity index (χ3v) is 3.98. The zero-order valence-electron chi connectivity index (χ0n) is 12.3. The second-order valence-electron chi connectivity index (χ2n) is 5.31. The molecule has 21 heavy (non-hydrogen) atoms. The van der Waals surface area contributed by atoms with Crippen molar-refractivity contribution in [3.63, 3.8) is 0 Å². The molecule has 4 nitrogen and oxygen atoms in total. The fraction of sp³-hybridized carbons (Fsp3) is 0.353. The largest absolute Gasteiger partial charge is 0.496 e. The van der Waals surface area contributed by atoms with E-state index in [-0.39, 0.29) is 5.78 Å². The van der Waals surface area contributed by atoms with E-state index in [0.29, 0.717) is 6.54 Å². The highest BCUT2D eigenvalue weighted by Gasteiger charge is 2.17. The fourth-order valence-electron chi connectivity index (χ4n) is 2.85. The van der Waals surface area contributed by atoms with Crippen molar-refractivity contribution in [3.8, 4) is 5.75 Å². The third kappa shape index (κ3) is 2.91. The van der Waals surface area contributed by atoms with Gasteiger partial charge in [0, 0.05) is 37.1 Å². The SMILES string of the molecule is COc1ccc(C(=O)CN2CCNCC2)c2ccccc12. The van der Waals surface area contributed by atoms with Gasteiger partial charge >= 0.3 is 0 Å². The minimum absolute atomic E-state index is 0.177. The van der Waals surface area contributed by atoms with Gasteiger partial charge in [-0.25, -0.2) is 0 Å². The summed E-state index contributed by atoms with van der Waals surface area (Å²) in [7, 11) is 1.66. The van der Waals surface area contributed by atoms with Crippen molar-refractivity contribution in [1.82, 2.24) is 10.2 Å². The standard InChI is InChI=1S/C17H20N2O2/c1-21-17-7-6-14(13-4-2-3-5-15(13)17)16(20)12-19-10-8-18-9-11-19/h2-7,18H,8-12H2,1H3. The van der Waals surface area contributed by atoms with Gasteiger partial charge in [0.25, 0.3) is 0 Å². The molecular weight excluding hydrogens is 264 g/mol. The molecule has 0 unspecified atom stereocenters. The highest BCUT2D eigenvalue weighted by molar-refractivity contribution is 6.10. The van der Waals surface area contributed by atoms with E-state index in [1.54, 1.807) is 7.11 Å². The molecule has 1 fully saturated rings.